The summed E-state index contributed by atoms with van der Waals surface area (Å²) in [5, 5.41) is 11.6. The number of aryl methyl sites for hydroxylation is 1. The van der Waals surface area contributed by atoms with Crippen molar-refractivity contribution in [1.29, 1.82) is 0 Å². The molecular formula is C10H14N2O2. The van der Waals surface area contributed by atoms with Gasteiger partial charge in [0.15, 0.2) is 0 Å². The number of hydrogen-bond donors (Lipinski definition) is 3. The molecule has 0 bridgehead atoms. The van der Waals surface area contributed by atoms with E-state index in [4.69, 9.17) is 10.8 Å². The van der Waals surface area contributed by atoms with Gasteiger partial charge in [0, 0.05) is 12.2 Å². The molecule has 1 rings (SSSR count). The molecule has 4 N–H and O–H groups in total. The Bertz CT molecular complexity index is 326. The van der Waals surface area contributed by atoms with Gasteiger partial charge < -0.3 is 16.2 Å². The van der Waals surface area contributed by atoms with Crippen LogP contribution in [0.25, 0.3) is 0 Å². The SMILES string of the molecule is Cc1cccc(NC(CN)C(=O)O)c1. The highest BCUT2D eigenvalue weighted by Gasteiger charge is 2.14. The third-order valence-electron chi connectivity index (χ3n) is 1.89. The van der Waals surface area contributed by atoms with Gasteiger partial charge in [0.2, 0.25) is 0 Å². The van der Waals surface area contributed by atoms with Gasteiger partial charge in [0.1, 0.15) is 6.04 Å². The van der Waals surface area contributed by atoms with Crippen molar-refractivity contribution in [2.45, 2.75) is 13.0 Å². The third kappa shape index (κ3) is 2.74. The van der Waals surface area contributed by atoms with Crippen LogP contribution in [0.15, 0.2) is 24.3 Å². The standard InChI is InChI=1S/C10H14N2O2/c1-7-3-2-4-8(5-7)12-9(6-11)10(13)14/h2-5,9,12H,6,11H2,1H3,(H,13,14). The molecule has 14 heavy (non-hydrogen) atoms. The van der Waals surface area contributed by atoms with Crippen molar-refractivity contribution >= 4 is 11.7 Å². The van der Waals surface area contributed by atoms with Gasteiger partial charge in [0.05, 0.1) is 0 Å². The Morgan fingerprint density at radius 2 is 2.36 bits per heavy atom. The van der Waals surface area contributed by atoms with Crippen LogP contribution in [0.4, 0.5) is 5.69 Å². The molecule has 0 heterocycles. The minimum atomic E-state index is -0.936. The van der Waals surface area contributed by atoms with Crippen LogP contribution in [0.1, 0.15) is 5.56 Å². The van der Waals surface area contributed by atoms with Gasteiger partial charge in [-0.25, -0.2) is 4.79 Å². The van der Waals surface area contributed by atoms with E-state index in [2.05, 4.69) is 5.32 Å². The minimum absolute atomic E-state index is 0.0727. The highest BCUT2D eigenvalue weighted by molar-refractivity contribution is 5.77. The summed E-state index contributed by atoms with van der Waals surface area (Å²) in [5.74, 6) is -0.936. The third-order valence-corrected chi connectivity index (χ3v) is 1.89. The van der Waals surface area contributed by atoms with Crippen LogP contribution in [0.3, 0.4) is 0 Å². The second-order valence-corrected chi connectivity index (χ2v) is 3.14. The van der Waals surface area contributed by atoms with E-state index in [1.165, 1.54) is 0 Å². The first-order chi connectivity index (χ1) is 6.63. The number of rotatable bonds is 4. The molecule has 4 heteroatoms. The topological polar surface area (TPSA) is 75.3 Å². The molecule has 0 aliphatic rings. The van der Waals surface area contributed by atoms with E-state index in [0.717, 1.165) is 11.3 Å². The number of carboxylic acid groups (broad SMARTS) is 1. The van der Waals surface area contributed by atoms with Gasteiger partial charge in [0.25, 0.3) is 0 Å². The predicted octanol–water partition coefficient (Wildman–Crippen LogP) is 0.819. The maximum Gasteiger partial charge on any atom is 0.327 e. The van der Waals surface area contributed by atoms with Crippen molar-refractivity contribution in [2.75, 3.05) is 11.9 Å². The summed E-state index contributed by atoms with van der Waals surface area (Å²) >= 11 is 0. The van der Waals surface area contributed by atoms with Gasteiger partial charge in [-0.05, 0) is 24.6 Å². The average Bonchev–Trinajstić information content (AvgIpc) is 2.14. The summed E-state index contributed by atoms with van der Waals surface area (Å²) in [6, 6.07) is 6.79. The van der Waals surface area contributed by atoms with E-state index in [-0.39, 0.29) is 6.54 Å². The van der Waals surface area contributed by atoms with Gasteiger partial charge in [-0.3, -0.25) is 0 Å². The second kappa shape index (κ2) is 4.62. The zero-order valence-electron chi connectivity index (χ0n) is 8.03. The van der Waals surface area contributed by atoms with Crippen LogP contribution in [0, 0.1) is 6.92 Å². The molecule has 1 aromatic carbocycles. The van der Waals surface area contributed by atoms with Crippen molar-refractivity contribution in [1.82, 2.24) is 0 Å². The van der Waals surface area contributed by atoms with E-state index >= 15 is 0 Å². The monoisotopic (exact) mass is 194 g/mol. The van der Waals surface area contributed by atoms with Gasteiger partial charge in [-0.1, -0.05) is 12.1 Å². The summed E-state index contributed by atoms with van der Waals surface area (Å²) in [6.07, 6.45) is 0. The summed E-state index contributed by atoms with van der Waals surface area (Å²) in [7, 11) is 0. The Labute approximate surface area is 82.7 Å². The number of carbonyl (C=O) groups is 1. The smallest absolute Gasteiger partial charge is 0.327 e. The van der Waals surface area contributed by atoms with Crippen LogP contribution in [-0.4, -0.2) is 23.7 Å². The molecule has 4 nitrogen and oxygen atoms in total. The Hall–Kier alpha value is -1.55. The number of anilines is 1. The zero-order valence-corrected chi connectivity index (χ0v) is 8.03. The molecule has 0 aliphatic carbocycles. The first-order valence-electron chi connectivity index (χ1n) is 4.39. The van der Waals surface area contributed by atoms with Crippen molar-refractivity contribution in [3.63, 3.8) is 0 Å². The number of aliphatic carboxylic acids is 1. The number of carboxylic acids is 1. The van der Waals surface area contributed by atoms with Gasteiger partial charge in [-0.15, -0.1) is 0 Å². The quantitative estimate of drug-likeness (QED) is 0.663. The Kier molecular flexibility index (Phi) is 3.48. The normalized spacial score (nSPS) is 12.1. The molecule has 1 unspecified atom stereocenters. The fourth-order valence-corrected chi connectivity index (χ4v) is 1.16. The molecule has 0 fully saturated rings. The molecule has 0 saturated carbocycles. The van der Waals surface area contributed by atoms with Gasteiger partial charge in [-0.2, -0.15) is 0 Å². The predicted molar refractivity (Wildman–Crippen MR) is 55.3 cm³/mol. The van der Waals surface area contributed by atoms with E-state index in [9.17, 15) is 4.79 Å². The van der Waals surface area contributed by atoms with Crippen LogP contribution in [-0.2, 0) is 4.79 Å². The molecule has 0 radical (unpaired) electrons. The number of benzene rings is 1. The summed E-state index contributed by atoms with van der Waals surface area (Å²) in [5.41, 5.74) is 7.18. The maximum atomic E-state index is 10.7. The van der Waals surface area contributed by atoms with Gasteiger partial charge >= 0.3 is 5.97 Å². The summed E-state index contributed by atoms with van der Waals surface area (Å²) < 4.78 is 0. The number of nitrogens with one attached hydrogen (secondary N) is 1. The molecule has 0 amide bonds. The second-order valence-electron chi connectivity index (χ2n) is 3.14. The van der Waals surface area contributed by atoms with E-state index < -0.39 is 12.0 Å². The van der Waals surface area contributed by atoms with Crippen molar-refractivity contribution in [2.24, 2.45) is 5.73 Å². The van der Waals surface area contributed by atoms with E-state index in [1.54, 1.807) is 0 Å². The van der Waals surface area contributed by atoms with Crippen LogP contribution in [0.2, 0.25) is 0 Å². The Balaban J connectivity index is 2.72. The first-order valence-corrected chi connectivity index (χ1v) is 4.39. The highest BCUT2D eigenvalue weighted by Crippen LogP contribution is 2.10. The lowest BCUT2D eigenvalue weighted by atomic mass is 10.2. The lowest BCUT2D eigenvalue weighted by Crippen LogP contribution is -2.36. The van der Waals surface area contributed by atoms with Crippen LogP contribution in [0.5, 0.6) is 0 Å². The molecule has 0 aliphatic heterocycles. The molecular weight excluding hydrogens is 180 g/mol. The fourth-order valence-electron chi connectivity index (χ4n) is 1.16. The largest absolute Gasteiger partial charge is 0.480 e. The van der Waals surface area contributed by atoms with Crippen molar-refractivity contribution in [3.05, 3.63) is 29.8 Å². The zero-order chi connectivity index (χ0) is 10.6. The molecule has 1 aromatic rings. The Morgan fingerprint density at radius 3 is 2.86 bits per heavy atom. The molecule has 76 valence electrons. The number of hydrogen-bond acceptors (Lipinski definition) is 3. The van der Waals surface area contributed by atoms with Crippen molar-refractivity contribution < 1.29 is 9.90 Å². The summed E-state index contributed by atoms with van der Waals surface area (Å²) in [6.45, 7) is 2.02. The lowest BCUT2D eigenvalue weighted by Gasteiger charge is -2.13. The maximum absolute atomic E-state index is 10.7. The first kappa shape index (κ1) is 10.5. The molecule has 0 aromatic heterocycles. The van der Waals surface area contributed by atoms with E-state index in [1.807, 2.05) is 31.2 Å². The molecule has 0 spiro atoms. The Morgan fingerprint density at radius 1 is 1.64 bits per heavy atom. The molecule has 1 atom stereocenters. The lowest BCUT2D eigenvalue weighted by molar-refractivity contribution is -0.137. The van der Waals surface area contributed by atoms with Crippen LogP contribution < -0.4 is 11.1 Å². The highest BCUT2D eigenvalue weighted by atomic mass is 16.4. The van der Waals surface area contributed by atoms with E-state index in [0.29, 0.717) is 0 Å². The fraction of sp³-hybridized carbons (Fsp3) is 0.300. The average molecular weight is 194 g/mol. The molecule has 0 saturated heterocycles. The minimum Gasteiger partial charge on any atom is -0.480 e. The summed E-state index contributed by atoms with van der Waals surface area (Å²) in [4.78, 5) is 10.7. The van der Waals surface area contributed by atoms with Crippen LogP contribution >= 0.6 is 0 Å². The van der Waals surface area contributed by atoms with Crippen molar-refractivity contribution in [3.8, 4) is 0 Å². The number of nitrogens with two attached hydrogens (primary N) is 1.